The summed E-state index contributed by atoms with van der Waals surface area (Å²) in [5, 5.41) is 8.95. The molecule has 6 nitrogen and oxygen atoms in total. The predicted octanol–water partition coefficient (Wildman–Crippen LogP) is 6.36. The molecular weight excluding hydrogens is 445 g/mol. The van der Waals surface area contributed by atoms with Crippen LogP contribution in [0.15, 0.2) is 73.1 Å². The van der Waals surface area contributed by atoms with Gasteiger partial charge < -0.3 is 14.8 Å². The van der Waals surface area contributed by atoms with Crippen LogP contribution in [0.25, 0.3) is 33.8 Å². The van der Waals surface area contributed by atoms with E-state index in [-0.39, 0.29) is 24.3 Å². The number of aromatic amines is 1. The van der Waals surface area contributed by atoms with Gasteiger partial charge in [0.2, 0.25) is 5.88 Å². The second kappa shape index (κ2) is 10.1. The molecule has 178 valence electrons. The van der Waals surface area contributed by atoms with E-state index in [0.29, 0.717) is 22.8 Å². The molecule has 0 aliphatic heterocycles. The van der Waals surface area contributed by atoms with E-state index >= 15 is 0 Å². The topological polar surface area (TPSA) is 88.1 Å². The van der Waals surface area contributed by atoms with Crippen LogP contribution in [0.3, 0.4) is 0 Å². The summed E-state index contributed by atoms with van der Waals surface area (Å²) in [7, 11) is 0. The highest BCUT2D eigenvalue weighted by Crippen LogP contribution is 2.31. The van der Waals surface area contributed by atoms with E-state index in [2.05, 4.69) is 15.0 Å². The maximum absolute atomic E-state index is 15.0. The Morgan fingerprint density at radius 3 is 2.40 bits per heavy atom. The second-order valence-electron chi connectivity index (χ2n) is 8.95. The molecule has 1 saturated carbocycles. The first-order chi connectivity index (χ1) is 17.0. The van der Waals surface area contributed by atoms with Crippen molar-refractivity contribution in [3.63, 3.8) is 0 Å². The van der Waals surface area contributed by atoms with Gasteiger partial charge in [0.15, 0.2) is 0 Å². The molecule has 2 N–H and O–H groups in total. The number of imidazole rings is 1. The third kappa shape index (κ3) is 5.40. The number of hydrogen-bond donors (Lipinski definition) is 2. The second-order valence-corrected chi connectivity index (χ2v) is 8.95. The smallest absolute Gasteiger partial charge is 0.303 e. The Morgan fingerprint density at radius 2 is 1.71 bits per heavy atom. The van der Waals surface area contributed by atoms with Gasteiger partial charge in [0.25, 0.3) is 0 Å². The lowest BCUT2D eigenvalue weighted by Gasteiger charge is -2.27. The predicted molar refractivity (Wildman–Crippen MR) is 131 cm³/mol. The number of ether oxygens (including phenoxy) is 1. The van der Waals surface area contributed by atoms with Crippen LogP contribution in [0.4, 0.5) is 4.39 Å². The number of nitrogens with zero attached hydrogens (tertiary/aromatic N) is 2. The van der Waals surface area contributed by atoms with Crippen LogP contribution >= 0.6 is 0 Å². The highest BCUT2D eigenvalue weighted by atomic mass is 19.1. The van der Waals surface area contributed by atoms with Gasteiger partial charge in [0.05, 0.1) is 17.5 Å². The normalized spacial score (nSPS) is 17.7. The monoisotopic (exact) mass is 471 g/mol. The molecule has 0 radical (unpaired) electrons. The van der Waals surface area contributed by atoms with E-state index in [9.17, 15) is 9.18 Å². The maximum Gasteiger partial charge on any atom is 0.303 e. The Morgan fingerprint density at radius 1 is 0.943 bits per heavy atom. The van der Waals surface area contributed by atoms with Gasteiger partial charge in [-0.2, -0.15) is 0 Å². The van der Waals surface area contributed by atoms with Crippen molar-refractivity contribution in [1.29, 1.82) is 0 Å². The number of carbonyl (C=O) groups is 1. The molecule has 7 heteroatoms. The molecule has 0 atom stereocenters. The number of aliphatic carboxylic acids is 1. The lowest BCUT2D eigenvalue weighted by molar-refractivity contribution is -0.138. The zero-order chi connectivity index (χ0) is 24.2. The zero-order valence-electron chi connectivity index (χ0n) is 19.2. The SMILES string of the molecule is O=C(O)CC1CCC(Oc2ccc(-c3ccc(-c4ncc(-c5ccccc5)[nH]4)c(F)c3)cn2)CC1. The van der Waals surface area contributed by atoms with Gasteiger partial charge in [0, 0.05) is 24.2 Å². The zero-order valence-corrected chi connectivity index (χ0v) is 19.2. The van der Waals surface area contributed by atoms with Crippen molar-refractivity contribution in [2.75, 3.05) is 0 Å². The summed E-state index contributed by atoms with van der Waals surface area (Å²) in [6, 6.07) is 18.5. The fourth-order valence-electron chi connectivity index (χ4n) is 4.60. The molecule has 0 spiro atoms. The van der Waals surface area contributed by atoms with Crippen LogP contribution in [-0.2, 0) is 4.79 Å². The summed E-state index contributed by atoms with van der Waals surface area (Å²) in [5.74, 6) is 0.128. The highest BCUT2D eigenvalue weighted by Gasteiger charge is 2.24. The molecule has 5 rings (SSSR count). The lowest BCUT2D eigenvalue weighted by Crippen LogP contribution is -2.25. The standard InChI is InChI=1S/C28H26FN3O3/c29-24-15-20(8-12-23(24)28-31-17-25(32-28)19-4-2-1-3-5-19)21-9-13-26(30-16-21)35-22-10-6-18(7-11-22)14-27(33)34/h1-5,8-9,12-13,15-18,22H,6-7,10-11,14H2,(H,31,32)(H,33,34). The highest BCUT2D eigenvalue weighted by molar-refractivity contribution is 5.70. The molecule has 0 amide bonds. The largest absolute Gasteiger partial charge is 0.481 e. The average molecular weight is 472 g/mol. The molecule has 2 aromatic heterocycles. The fourth-order valence-corrected chi connectivity index (χ4v) is 4.60. The molecule has 1 fully saturated rings. The first-order valence-electron chi connectivity index (χ1n) is 11.8. The first-order valence-corrected chi connectivity index (χ1v) is 11.8. The van der Waals surface area contributed by atoms with Gasteiger partial charge in [-0.25, -0.2) is 14.4 Å². The molecule has 2 heterocycles. The van der Waals surface area contributed by atoms with Crippen LogP contribution in [0.5, 0.6) is 5.88 Å². The molecule has 1 aliphatic rings. The molecule has 1 aliphatic carbocycles. The van der Waals surface area contributed by atoms with E-state index in [1.165, 1.54) is 6.07 Å². The Hall–Kier alpha value is -4.00. The Bertz CT molecular complexity index is 1300. The number of hydrogen-bond acceptors (Lipinski definition) is 4. The van der Waals surface area contributed by atoms with Crippen LogP contribution in [0.2, 0.25) is 0 Å². The third-order valence-corrected chi connectivity index (χ3v) is 6.50. The molecule has 0 unspecified atom stereocenters. The number of benzene rings is 2. The van der Waals surface area contributed by atoms with E-state index in [0.717, 1.165) is 42.5 Å². The first kappa shape index (κ1) is 22.8. The average Bonchev–Trinajstić information content (AvgIpc) is 3.36. The summed E-state index contributed by atoms with van der Waals surface area (Å²) in [5.41, 5.74) is 3.73. The summed E-state index contributed by atoms with van der Waals surface area (Å²) in [6.07, 6.45) is 7.01. The number of halogens is 1. The number of carboxylic acids is 1. The summed E-state index contributed by atoms with van der Waals surface area (Å²) in [4.78, 5) is 22.8. The van der Waals surface area contributed by atoms with Crippen LogP contribution in [-0.4, -0.2) is 32.1 Å². The van der Waals surface area contributed by atoms with Crippen molar-refractivity contribution >= 4 is 5.97 Å². The maximum atomic E-state index is 15.0. The summed E-state index contributed by atoms with van der Waals surface area (Å²) >= 11 is 0. The molecule has 0 bridgehead atoms. The minimum Gasteiger partial charge on any atom is -0.481 e. The van der Waals surface area contributed by atoms with Crippen molar-refractivity contribution in [2.24, 2.45) is 5.92 Å². The number of aromatic nitrogens is 3. The number of H-pyrrole nitrogens is 1. The fraction of sp³-hybridized carbons (Fsp3) is 0.250. The van der Waals surface area contributed by atoms with Gasteiger partial charge in [-0.15, -0.1) is 0 Å². The van der Waals surface area contributed by atoms with Crippen molar-refractivity contribution in [3.05, 3.63) is 78.9 Å². The van der Waals surface area contributed by atoms with Gasteiger partial charge in [-0.1, -0.05) is 36.4 Å². The van der Waals surface area contributed by atoms with Crippen LogP contribution in [0, 0.1) is 11.7 Å². The Balaban J connectivity index is 1.24. The summed E-state index contributed by atoms with van der Waals surface area (Å²) in [6.45, 7) is 0. The van der Waals surface area contributed by atoms with Crippen molar-refractivity contribution in [3.8, 4) is 39.7 Å². The van der Waals surface area contributed by atoms with E-state index < -0.39 is 5.97 Å². The Kier molecular flexibility index (Phi) is 6.57. The minimum absolute atomic E-state index is 0.0456. The van der Waals surface area contributed by atoms with E-state index in [1.54, 1.807) is 24.5 Å². The minimum atomic E-state index is -0.739. The Labute approximate surface area is 202 Å². The van der Waals surface area contributed by atoms with Gasteiger partial charge in [-0.05, 0) is 60.9 Å². The summed E-state index contributed by atoms with van der Waals surface area (Å²) < 4.78 is 21.0. The molecule has 4 aromatic rings. The van der Waals surface area contributed by atoms with E-state index in [4.69, 9.17) is 9.84 Å². The number of nitrogens with one attached hydrogen (secondary N) is 1. The number of carboxylic acid groups (broad SMARTS) is 1. The lowest BCUT2D eigenvalue weighted by atomic mass is 9.85. The van der Waals surface area contributed by atoms with Crippen LogP contribution in [0.1, 0.15) is 32.1 Å². The van der Waals surface area contributed by atoms with Crippen molar-refractivity contribution < 1.29 is 19.0 Å². The van der Waals surface area contributed by atoms with Gasteiger partial charge in [-0.3, -0.25) is 4.79 Å². The molecule has 0 saturated heterocycles. The van der Waals surface area contributed by atoms with Crippen molar-refractivity contribution in [1.82, 2.24) is 15.0 Å². The molecular formula is C28H26FN3O3. The molecule has 35 heavy (non-hydrogen) atoms. The van der Waals surface area contributed by atoms with Gasteiger partial charge >= 0.3 is 5.97 Å². The number of rotatable bonds is 7. The van der Waals surface area contributed by atoms with Crippen molar-refractivity contribution in [2.45, 2.75) is 38.2 Å². The molecule has 2 aromatic carbocycles. The number of pyridine rings is 1. The third-order valence-electron chi connectivity index (χ3n) is 6.50. The van der Waals surface area contributed by atoms with Crippen LogP contribution < -0.4 is 4.74 Å². The van der Waals surface area contributed by atoms with Gasteiger partial charge in [0.1, 0.15) is 17.7 Å². The van der Waals surface area contributed by atoms with E-state index in [1.807, 2.05) is 42.5 Å². The quantitative estimate of drug-likeness (QED) is 0.328.